The average Bonchev–Trinajstić information content (AvgIpc) is 2.99. The molecule has 1 fully saturated rings. The van der Waals surface area contributed by atoms with Gasteiger partial charge in [0.2, 0.25) is 5.91 Å². The maximum absolute atomic E-state index is 11.8. The molecule has 23 heavy (non-hydrogen) atoms. The Morgan fingerprint density at radius 2 is 2.13 bits per heavy atom. The highest BCUT2D eigenvalue weighted by molar-refractivity contribution is 6.30. The lowest BCUT2D eigenvalue weighted by Gasteiger charge is -2.38. The minimum absolute atomic E-state index is 0.0693. The molecule has 0 saturated heterocycles. The van der Waals surface area contributed by atoms with Gasteiger partial charge in [-0.25, -0.2) is 0 Å². The Bertz CT molecular complexity index is 706. The van der Waals surface area contributed by atoms with Crippen LogP contribution in [0.4, 0.5) is 0 Å². The summed E-state index contributed by atoms with van der Waals surface area (Å²) in [6.07, 6.45) is 3.72. The van der Waals surface area contributed by atoms with E-state index < -0.39 is 5.54 Å². The molecule has 1 aromatic carbocycles. The summed E-state index contributed by atoms with van der Waals surface area (Å²) < 4.78 is 1.68. The molecular weight excluding hydrogens is 314 g/mol. The Kier molecular flexibility index (Phi) is 4.35. The van der Waals surface area contributed by atoms with E-state index in [1.807, 2.05) is 18.2 Å². The molecule has 0 radical (unpaired) electrons. The number of nitrogens with zero attached hydrogens (tertiary/aromatic N) is 4. The number of nitrogens with one attached hydrogen (secondary N) is 1. The number of aromatic nitrogens is 4. The highest BCUT2D eigenvalue weighted by atomic mass is 35.5. The first kappa shape index (κ1) is 15.9. The van der Waals surface area contributed by atoms with E-state index in [4.69, 9.17) is 11.6 Å². The second-order valence-electron chi connectivity index (χ2n) is 6.34. The monoisotopic (exact) mass is 333 g/mol. The lowest BCUT2D eigenvalue weighted by Crippen LogP contribution is -2.49. The van der Waals surface area contributed by atoms with Crippen molar-refractivity contribution in [1.29, 1.82) is 0 Å². The summed E-state index contributed by atoms with van der Waals surface area (Å²) in [6, 6.07) is 7.38. The maximum atomic E-state index is 11.8. The molecule has 1 aliphatic rings. The van der Waals surface area contributed by atoms with Crippen molar-refractivity contribution in [2.45, 2.75) is 45.1 Å². The smallest absolute Gasteiger partial charge is 0.217 e. The molecule has 0 bridgehead atoms. The molecule has 0 unspecified atom stereocenters. The first-order chi connectivity index (χ1) is 11.0. The zero-order valence-corrected chi connectivity index (χ0v) is 14.0. The lowest BCUT2D eigenvalue weighted by molar-refractivity contribution is -0.121. The van der Waals surface area contributed by atoms with Gasteiger partial charge in [0.15, 0.2) is 5.82 Å². The summed E-state index contributed by atoms with van der Waals surface area (Å²) in [5, 5.41) is 15.9. The molecule has 2 aromatic rings. The summed E-state index contributed by atoms with van der Waals surface area (Å²) in [5.74, 6) is 1.24. The van der Waals surface area contributed by atoms with Crippen LogP contribution in [0.1, 0.15) is 45.4 Å². The molecule has 0 aliphatic heterocycles. The molecule has 1 aliphatic carbocycles. The summed E-state index contributed by atoms with van der Waals surface area (Å²) in [6.45, 7) is 3.77. The summed E-state index contributed by atoms with van der Waals surface area (Å²) >= 11 is 6.09. The molecule has 6 nitrogen and oxygen atoms in total. The number of amides is 1. The number of hydrogen-bond acceptors (Lipinski definition) is 4. The van der Waals surface area contributed by atoms with Gasteiger partial charge in [0.05, 0.1) is 5.69 Å². The Hall–Kier alpha value is -1.95. The Balaban J connectivity index is 2.04. The normalized spacial score (nSPS) is 24.4. The van der Waals surface area contributed by atoms with E-state index in [-0.39, 0.29) is 5.91 Å². The van der Waals surface area contributed by atoms with E-state index in [0.717, 1.165) is 31.4 Å². The topological polar surface area (TPSA) is 72.7 Å². The van der Waals surface area contributed by atoms with Crippen molar-refractivity contribution in [2.75, 3.05) is 0 Å². The molecule has 1 saturated carbocycles. The predicted molar refractivity (Wildman–Crippen MR) is 87.3 cm³/mol. The highest BCUT2D eigenvalue weighted by Crippen LogP contribution is 2.39. The van der Waals surface area contributed by atoms with Gasteiger partial charge in [-0.05, 0) is 60.2 Å². The first-order valence-corrected chi connectivity index (χ1v) is 8.21. The number of tetrazole rings is 1. The Labute approximate surface area is 140 Å². The van der Waals surface area contributed by atoms with Crippen LogP contribution in [-0.4, -0.2) is 26.1 Å². The third kappa shape index (κ3) is 3.22. The van der Waals surface area contributed by atoms with Crippen LogP contribution in [0, 0.1) is 5.92 Å². The standard InChI is InChI=1S/C16H20ClN5O/c1-11-6-8-16(9-7-11,18-12(2)23)15-19-20-21-22(15)14-5-3-4-13(17)10-14/h3-5,10-11H,6-9H2,1-2H3,(H,18,23). The van der Waals surface area contributed by atoms with E-state index in [1.54, 1.807) is 10.7 Å². The van der Waals surface area contributed by atoms with Crippen LogP contribution in [0.25, 0.3) is 5.69 Å². The van der Waals surface area contributed by atoms with Gasteiger partial charge in [-0.3, -0.25) is 4.79 Å². The van der Waals surface area contributed by atoms with Gasteiger partial charge in [-0.2, -0.15) is 4.68 Å². The van der Waals surface area contributed by atoms with Gasteiger partial charge in [-0.15, -0.1) is 5.10 Å². The highest BCUT2D eigenvalue weighted by Gasteiger charge is 2.41. The molecule has 1 N–H and O–H groups in total. The molecule has 1 aromatic heterocycles. The van der Waals surface area contributed by atoms with Crippen molar-refractivity contribution < 1.29 is 4.79 Å². The zero-order valence-electron chi connectivity index (χ0n) is 13.3. The Morgan fingerprint density at radius 3 is 2.78 bits per heavy atom. The van der Waals surface area contributed by atoms with Crippen LogP contribution >= 0.6 is 11.6 Å². The van der Waals surface area contributed by atoms with E-state index in [1.165, 1.54) is 6.92 Å². The minimum Gasteiger partial charge on any atom is -0.344 e. The van der Waals surface area contributed by atoms with E-state index in [0.29, 0.717) is 16.8 Å². The van der Waals surface area contributed by atoms with Gasteiger partial charge < -0.3 is 5.32 Å². The molecule has 0 spiro atoms. The van der Waals surface area contributed by atoms with E-state index in [2.05, 4.69) is 27.8 Å². The van der Waals surface area contributed by atoms with Crippen LogP contribution in [0.3, 0.4) is 0 Å². The van der Waals surface area contributed by atoms with Crippen molar-refractivity contribution >= 4 is 17.5 Å². The SMILES string of the molecule is CC(=O)NC1(c2nnnn2-c2cccc(Cl)c2)CCC(C)CC1. The van der Waals surface area contributed by atoms with E-state index >= 15 is 0 Å². The van der Waals surface area contributed by atoms with Crippen molar-refractivity contribution in [3.63, 3.8) is 0 Å². The fourth-order valence-corrected chi connectivity index (χ4v) is 3.45. The molecular formula is C16H20ClN5O. The molecule has 1 amide bonds. The second kappa shape index (κ2) is 6.28. The van der Waals surface area contributed by atoms with Crippen LogP contribution < -0.4 is 5.32 Å². The van der Waals surface area contributed by atoms with Crippen LogP contribution in [0.15, 0.2) is 24.3 Å². The van der Waals surface area contributed by atoms with Crippen molar-refractivity contribution in [2.24, 2.45) is 5.92 Å². The van der Waals surface area contributed by atoms with E-state index in [9.17, 15) is 4.79 Å². The van der Waals surface area contributed by atoms with Crippen LogP contribution in [0.5, 0.6) is 0 Å². The molecule has 0 atom stereocenters. The van der Waals surface area contributed by atoms with Crippen molar-refractivity contribution in [3.8, 4) is 5.69 Å². The summed E-state index contributed by atoms with van der Waals surface area (Å²) in [4.78, 5) is 11.8. The number of halogens is 1. The summed E-state index contributed by atoms with van der Waals surface area (Å²) in [5.41, 5.74) is 0.269. The van der Waals surface area contributed by atoms with Gasteiger partial charge in [0.1, 0.15) is 5.54 Å². The zero-order chi connectivity index (χ0) is 16.4. The average molecular weight is 334 g/mol. The van der Waals surface area contributed by atoms with Gasteiger partial charge in [0, 0.05) is 11.9 Å². The third-order valence-corrected chi connectivity index (χ3v) is 4.73. The fraction of sp³-hybridized carbons (Fsp3) is 0.500. The first-order valence-electron chi connectivity index (χ1n) is 7.84. The number of hydrogen-bond donors (Lipinski definition) is 1. The predicted octanol–water partition coefficient (Wildman–Crippen LogP) is 2.86. The number of carbonyl (C=O) groups is 1. The molecule has 3 rings (SSSR count). The van der Waals surface area contributed by atoms with Gasteiger partial charge in [0.25, 0.3) is 0 Å². The number of rotatable bonds is 3. The lowest BCUT2D eigenvalue weighted by atomic mass is 9.76. The fourth-order valence-electron chi connectivity index (χ4n) is 3.26. The van der Waals surface area contributed by atoms with Gasteiger partial charge in [-0.1, -0.05) is 24.6 Å². The Morgan fingerprint density at radius 1 is 1.39 bits per heavy atom. The number of carbonyl (C=O) groups excluding carboxylic acids is 1. The largest absolute Gasteiger partial charge is 0.344 e. The van der Waals surface area contributed by atoms with Crippen molar-refractivity contribution in [3.05, 3.63) is 35.1 Å². The third-order valence-electron chi connectivity index (χ3n) is 4.49. The van der Waals surface area contributed by atoms with Crippen LogP contribution in [0.2, 0.25) is 5.02 Å². The summed E-state index contributed by atoms with van der Waals surface area (Å²) in [7, 11) is 0. The molecule has 1 heterocycles. The van der Waals surface area contributed by atoms with Crippen LogP contribution in [-0.2, 0) is 10.3 Å². The number of benzene rings is 1. The second-order valence-corrected chi connectivity index (χ2v) is 6.78. The van der Waals surface area contributed by atoms with Crippen molar-refractivity contribution in [1.82, 2.24) is 25.5 Å². The maximum Gasteiger partial charge on any atom is 0.217 e. The minimum atomic E-state index is -0.524. The quantitative estimate of drug-likeness (QED) is 0.937. The molecule has 7 heteroatoms. The molecule has 122 valence electrons. The van der Waals surface area contributed by atoms with Gasteiger partial charge >= 0.3 is 0 Å².